The molecule has 31 heavy (non-hydrogen) atoms. The van der Waals surface area contributed by atoms with Crippen molar-refractivity contribution >= 4 is 17.7 Å². The summed E-state index contributed by atoms with van der Waals surface area (Å²) in [5, 5.41) is 6.28. The van der Waals surface area contributed by atoms with Crippen LogP contribution < -0.4 is 10.6 Å². The molecular formula is C26H33FN2O2. The van der Waals surface area contributed by atoms with Crippen molar-refractivity contribution in [2.45, 2.75) is 65.5 Å². The third-order valence-electron chi connectivity index (χ3n) is 5.75. The molecule has 0 unspecified atom stereocenters. The van der Waals surface area contributed by atoms with Crippen LogP contribution in [0.25, 0.3) is 17.2 Å². The predicted molar refractivity (Wildman–Crippen MR) is 125 cm³/mol. The van der Waals surface area contributed by atoms with Gasteiger partial charge in [0.15, 0.2) is 5.76 Å². The van der Waals surface area contributed by atoms with Gasteiger partial charge in [0, 0.05) is 23.3 Å². The Bertz CT molecular complexity index is 976. The zero-order valence-electron chi connectivity index (χ0n) is 19.1. The molecule has 5 heteroatoms. The van der Waals surface area contributed by atoms with Crippen molar-refractivity contribution in [2.24, 2.45) is 0 Å². The molecule has 0 heterocycles. The number of anilines is 1. The number of hydrogen-bond acceptors (Lipinski definition) is 3. The van der Waals surface area contributed by atoms with Gasteiger partial charge in [-0.2, -0.15) is 0 Å². The SMILES string of the molecule is COC(=Cc1cc(C)c(-c2ccc(NC(C)C)cc2F)cc1C)C(=O)NC1CCCC1. The second-order valence-corrected chi connectivity index (χ2v) is 8.68. The van der Waals surface area contributed by atoms with Crippen LogP contribution in [0, 0.1) is 19.7 Å². The number of benzene rings is 2. The van der Waals surface area contributed by atoms with Crippen molar-refractivity contribution in [1.82, 2.24) is 5.32 Å². The number of aryl methyl sites for hydroxylation is 2. The van der Waals surface area contributed by atoms with E-state index in [1.165, 1.54) is 13.2 Å². The number of halogens is 1. The van der Waals surface area contributed by atoms with E-state index in [1.807, 2.05) is 52.0 Å². The highest BCUT2D eigenvalue weighted by molar-refractivity contribution is 5.96. The zero-order chi connectivity index (χ0) is 22.5. The van der Waals surface area contributed by atoms with Crippen molar-refractivity contribution in [1.29, 1.82) is 0 Å². The smallest absolute Gasteiger partial charge is 0.286 e. The molecule has 0 aliphatic heterocycles. The Morgan fingerprint density at radius 1 is 1.10 bits per heavy atom. The number of methoxy groups -OCH3 is 1. The van der Waals surface area contributed by atoms with Gasteiger partial charge >= 0.3 is 0 Å². The Labute approximate surface area is 184 Å². The second-order valence-electron chi connectivity index (χ2n) is 8.68. The standard InChI is InChI=1S/C26H33FN2O2/c1-16(2)28-21-10-11-22(24(27)15-21)23-13-17(3)19(12-18(23)4)14-25(31-5)26(30)29-20-8-6-7-9-20/h10-16,20,28H,6-9H2,1-5H3,(H,29,30). The van der Waals surface area contributed by atoms with Gasteiger partial charge in [0.2, 0.25) is 0 Å². The largest absolute Gasteiger partial charge is 0.491 e. The molecule has 1 amide bonds. The van der Waals surface area contributed by atoms with Crippen LogP contribution in [0.3, 0.4) is 0 Å². The van der Waals surface area contributed by atoms with Gasteiger partial charge in [0.05, 0.1) is 7.11 Å². The molecule has 1 aliphatic carbocycles. The summed E-state index contributed by atoms with van der Waals surface area (Å²) in [7, 11) is 1.51. The van der Waals surface area contributed by atoms with Gasteiger partial charge in [-0.25, -0.2) is 4.39 Å². The lowest BCUT2D eigenvalue weighted by Gasteiger charge is -2.15. The lowest BCUT2D eigenvalue weighted by atomic mass is 9.94. The van der Waals surface area contributed by atoms with E-state index in [9.17, 15) is 9.18 Å². The number of hydrogen-bond donors (Lipinski definition) is 2. The highest BCUT2D eigenvalue weighted by Crippen LogP contribution is 2.31. The Morgan fingerprint density at radius 2 is 1.81 bits per heavy atom. The van der Waals surface area contributed by atoms with Crippen molar-refractivity contribution in [3.8, 4) is 11.1 Å². The Balaban J connectivity index is 1.87. The minimum atomic E-state index is -0.259. The quantitative estimate of drug-likeness (QED) is 0.425. The summed E-state index contributed by atoms with van der Waals surface area (Å²) in [5.41, 5.74) is 4.95. The van der Waals surface area contributed by atoms with E-state index in [0.29, 0.717) is 5.56 Å². The van der Waals surface area contributed by atoms with Crippen LogP contribution in [0.4, 0.5) is 10.1 Å². The highest BCUT2D eigenvalue weighted by Gasteiger charge is 2.20. The van der Waals surface area contributed by atoms with Crippen LogP contribution >= 0.6 is 0 Å². The van der Waals surface area contributed by atoms with Crippen LogP contribution in [0.2, 0.25) is 0 Å². The third kappa shape index (κ3) is 5.66. The first-order valence-electron chi connectivity index (χ1n) is 11.0. The number of carbonyl (C=O) groups excluding carboxylic acids is 1. The van der Waals surface area contributed by atoms with E-state index in [2.05, 4.69) is 10.6 Å². The third-order valence-corrected chi connectivity index (χ3v) is 5.75. The van der Waals surface area contributed by atoms with E-state index in [-0.39, 0.29) is 29.6 Å². The molecule has 2 aromatic carbocycles. The lowest BCUT2D eigenvalue weighted by Crippen LogP contribution is -2.34. The van der Waals surface area contributed by atoms with E-state index in [1.54, 1.807) is 6.08 Å². The maximum atomic E-state index is 14.8. The van der Waals surface area contributed by atoms with Crippen molar-refractivity contribution in [3.63, 3.8) is 0 Å². The molecule has 3 rings (SSSR count). The molecule has 4 nitrogen and oxygen atoms in total. The topological polar surface area (TPSA) is 50.4 Å². The molecule has 0 radical (unpaired) electrons. The van der Waals surface area contributed by atoms with E-state index < -0.39 is 0 Å². The zero-order valence-corrected chi connectivity index (χ0v) is 19.1. The van der Waals surface area contributed by atoms with Crippen LogP contribution in [-0.4, -0.2) is 25.1 Å². The van der Waals surface area contributed by atoms with Gasteiger partial charge < -0.3 is 15.4 Å². The fraction of sp³-hybridized carbons (Fsp3) is 0.423. The minimum Gasteiger partial charge on any atom is -0.491 e. The Morgan fingerprint density at radius 3 is 2.42 bits per heavy atom. The van der Waals surface area contributed by atoms with Crippen LogP contribution in [0.15, 0.2) is 36.1 Å². The molecule has 1 saturated carbocycles. The molecule has 166 valence electrons. The van der Waals surface area contributed by atoms with Crippen LogP contribution in [-0.2, 0) is 9.53 Å². The maximum Gasteiger partial charge on any atom is 0.286 e. The molecule has 2 aromatic rings. The predicted octanol–water partition coefficient (Wildman–Crippen LogP) is 5.98. The van der Waals surface area contributed by atoms with Gasteiger partial charge in [-0.15, -0.1) is 0 Å². The summed E-state index contributed by atoms with van der Waals surface area (Å²) >= 11 is 0. The van der Waals surface area contributed by atoms with E-state index >= 15 is 0 Å². The summed E-state index contributed by atoms with van der Waals surface area (Å²) < 4.78 is 20.2. The molecule has 0 aromatic heterocycles. The number of amides is 1. The normalized spacial score (nSPS) is 14.7. The fourth-order valence-electron chi connectivity index (χ4n) is 4.13. The summed E-state index contributed by atoms with van der Waals surface area (Å²) in [5.74, 6) is -0.155. The number of nitrogens with one attached hydrogen (secondary N) is 2. The van der Waals surface area contributed by atoms with Gasteiger partial charge in [-0.3, -0.25) is 4.79 Å². The molecule has 1 aliphatic rings. The molecule has 2 N–H and O–H groups in total. The minimum absolute atomic E-state index is 0.185. The molecule has 1 fully saturated rings. The molecule has 0 atom stereocenters. The van der Waals surface area contributed by atoms with Crippen molar-refractivity contribution < 1.29 is 13.9 Å². The first-order valence-corrected chi connectivity index (χ1v) is 11.0. The number of rotatable bonds is 7. The molecule has 0 bridgehead atoms. The Kier molecular flexibility index (Phi) is 7.37. The monoisotopic (exact) mass is 424 g/mol. The second kappa shape index (κ2) is 9.99. The number of ether oxygens (including phenoxy) is 1. The molecule has 0 saturated heterocycles. The van der Waals surface area contributed by atoms with Crippen LogP contribution in [0.1, 0.15) is 56.2 Å². The summed E-state index contributed by atoms with van der Waals surface area (Å²) in [6, 6.07) is 9.66. The maximum absolute atomic E-state index is 14.8. The lowest BCUT2D eigenvalue weighted by molar-refractivity contribution is -0.120. The van der Waals surface area contributed by atoms with Crippen molar-refractivity contribution in [2.75, 3.05) is 12.4 Å². The average molecular weight is 425 g/mol. The first kappa shape index (κ1) is 22.9. The van der Waals surface area contributed by atoms with Crippen LogP contribution in [0.5, 0.6) is 0 Å². The summed E-state index contributed by atoms with van der Waals surface area (Å²) in [4.78, 5) is 12.6. The average Bonchev–Trinajstić information content (AvgIpc) is 3.21. The van der Waals surface area contributed by atoms with E-state index in [4.69, 9.17) is 4.74 Å². The van der Waals surface area contributed by atoms with Gasteiger partial charge in [0.1, 0.15) is 5.82 Å². The van der Waals surface area contributed by atoms with E-state index in [0.717, 1.165) is 53.6 Å². The number of carbonyl (C=O) groups is 1. The van der Waals surface area contributed by atoms with Gasteiger partial charge in [-0.05, 0) is 87.1 Å². The first-order chi connectivity index (χ1) is 14.8. The summed E-state index contributed by atoms with van der Waals surface area (Å²) in [6.45, 7) is 7.96. The molecule has 0 spiro atoms. The molecular weight excluding hydrogens is 391 g/mol. The Hall–Kier alpha value is -2.82. The fourth-order valence-corrected chi connectivity index (χ4v) is 4.13. The van der Waals surface area contributed by atoms with Crippen molar-refractivity contribution in [3.05, 3.63) is 58.6 Å². The summed E-state index contributed by atoms with van der Waals surface area (Å²) in [6.07, 6.45) is 6.12. The highest BCUT2D eigenvalue weighted by atomic mass is 19.1. The van der Waals surface area contributed by atoms with Gasteiger partial charge in [-0.1, -0.05) is 25.0 Å². The van der Waals surface area contributed by atoms with Gasteiger partial charge in [0.25, 0.3) is 5.91 Å².